The highest BCUT2D eigenvalue weighted by Crippen LogP contribution is 2.23. The minimum absolute atomic E-state index is 0.213. The number of aliphatic carboxylic acids is 1. The van der Waals surface area contributed by atoms with Gasteiger partial charge in [-0.05, 0) is 19.1 Å². The van der Waals surface area contributed by atoms with Gasteiger partial charge in [-0.25, -0.2) is 13.4 Å². The van der Waals surface area contributed by atoms with Crippen molar-refractivity contribution in [2.24, 2.45) is 0 Å². The lowest BCUT2D eigenvalue weighted by Crippen LogP contribution is -2.52. The van der Waals surface area contributed by atoms with Crippen LogP contribution in [0.1, 0.15) is 6.92 Å². The normalized spacial score (nSPS) is 18.5. The van der Waals surface area contributed by atoms with E-state index >= 15 is 0 Å². The van der Waals surface area contributed by atoms with Crippen molar-refractivity contribution in [2.75, 3.05) is 37.3 Å². The fraction of sp³-hybridized carbons (Fsp3) is 0.538. The Balaban J connectivity index is 2.15. The largest absolute Gasteiger partial charge is 0.480 e. The highest BCUT2D eigenvalue weighted by Gasteiger charge is 2.27. The molecule has 1 fully saturated rings. The van der Waals surface area contributed by atoms with Crippen LogP contribution in [0.2, 0.25) is 0 Å². The Hall–Kier alpha value is -1.67. The molecule has 1 aromatic rings. The lowest BCUT2D eigenvalue weighted by molar-refractivity contribution is -0.142. The molecule has 1 atom stereocenters. The minimum Gasteiger partial charge on any atom is -0.480 e. The van der Waals surface area contributed by atoms with Gasteiger partial charge in [-0.1, -0.05) is 0 Å². The smallest absolute Gasteiger partial charge is 0.320 e. The first-order chi connectivity index (χ1) is 9.80. The number of rotatable bonds is 4. The summed E-state index contributed by atoms with van der Waals surface area (Å²) in [4.78, 5) is 19.1. The molecule has 0 aliphatic carbocycles. The van der Waals surface area contributed by atoms with E-state index in [0.717, 1.165) is 6.26 Å². The summed E-state index contributed by atoms with van der Waals surface area (Å²) in [6, 6.07) is 2.61. The van der Waals surface area contributed by atoms with E-state index in [1.807, 2.05) is 9.80 Å². The van der Waals surface area contributed by atoms with Gasteiger partial charge in [0, 0.05) is 38.6 Å². The van der Waals surface area contributed by atoms with Gasteiger partial charge in [0.15, 0.2) is 9.84 Å². The third kappa shape index (κ3) is 3.51. The van der Waals surface area contributed by atoms with Gasteiger partial charge in [0.25, 0.3) is 0 Å². The summed E-state index contributed by atoms with van der Waals surface area (Å²) >= 11 is 0. The van der Waals surface area contributed by atoms with Crippen LogP contribution in [0.15, 0.2) is 23.2 Å². The van der Waals surface area contributed by atoms with Gasteiger partial charge in [-0.15, -0.1) is 0 Å². The van der Waals surface area contributed by atoms with Gasteiger partial charge < -0.3 is 10.0 Å². The first-order valence-electron chi connectivity index (χ1n) is 6.67. The third-order valence-electron chi connectivity index (χ3n) is 3.67. The highest BCUT2D eigenvalue weighted by atomic mass is 32.2. The number of pyridine rings is 1. The highest BCUT2D eigenvalue weighted by molar-refractivity contribution is 7.90. The van der Waals surface area contributed by atoms with Crippen molar-refractivity contribution < 1.29 is 18.3 Å². The first kappa shape index (κ1) is 15.7. The van der Waals surface area contributed by atoms with E-state index in [-0.39, 0.29) is 4.90 Å². The zero-order chi connectivity index (χ0) is 15.6. The topological polar surface area (TPSA) is 90.8 Å². The standard InChI is InChI=1S/C13H19N3O4S/c1-10(13(17)18)15-6-8-16(9-7-15)12-11(21(2,19)20)4-3-5-14-12/h3-5,10H,6-9H2,1-2H3,(H,17,18). The fourth-order valence-electron chi connectivity index (χ4n) is 2.39. The molecule has 0 spiro atoms. The predicted molar refractivity (Wildman–Crippen MR) is 78.2 cm³/mol. The van der Waals surface area contributed by atoms with Crippen molar-refractivity contribution in [3.05, 3.63) is 18.3 Å². The molecular formula is C13H19N3O4S. The van der Waals surface area contributed by atoms with Gasteiger partial charge in [0.05, 0.1) is 0 Å². The molecule has 1 aliphatic heterocycles. The molecule has 8 heteroatoms. The fourth-order valence-corrected chi connectivity index (χ4v) is 3.23. The molecule has 2 rings (SSSR count). The number of hydrogen-bond donors (Lipinski definition) is 1. The van der Waals surface area contributed by atoms with E-state index in [4.69, 9.17) is 5.11 Å². The monoisotopic (exact) mass is 313 g/mol. The molecule has 1 aliphatic rings. The summed E-state index contributed by atoms with van der Waals surface area (Å²) in [5, 5.41) is 9.02. The molecule has 1 saturated heterocycles. The van der Waals surface area contributed by atoms with Crippen molar-refractivity contribution in [3.63, 3.8) is 0 Å². The van der Waals surface area contributed by atoms with E-state index in [1.165, 1.54) is 0 Å². The summed E-state index contributed by atoms with van der Waals surface area (Å²) in [5.41, 5.74) is 0. The molecule has 1 unspecified atom stereocenters. The Bertz CT molecular complexity index is 624. The van der Waals surface area contributed by atoms with Crippen LogP contribution in [0.4, 0.5) is 5.82 Å². The van der Waals surface area contributed by atoms with Gasteiger partial charge in [-0.2, -0.15) is 0 Å². The average Bonchev–Trinajstić information content (AvgIpc) is 2.45. The van der Waals surface area contributed by atoms with Crippen molar-refractivity contribution in [2.45, 2.75) is 17.9 Å². The second-order valence-electron chi connectivity index (χ2n) is 5.13. The number of hydrogen-bond acceptors (Lipinski definition) is 6. The molecular weight excluding hydrogens is 294 g/mol. The summed E-state index contributed by atoms with van der Waals surface area (Å²) in [6.07, 6.45) is 2.73. The lowest BCUT2D eigenvalue weighted by atomic mass is 10.2. The van der Waals surface area contributed by atoms with Gasteiger partial charge in [0.1, 0.15) is 16.8 Å². The summed E-state index contributed by atoms with van der Waals surface area (Å²) in [5.74, 6) is -0.402. The molecule has 1 aromatic heterocycles. The van der Waals surface area contributed by atoms with Crippen LogP contribution in [0.3, 0.4) is 0 Å². The first-order valence-corrected chi connectivity index (χ1v) is 8.56. The van der Waals surface area contributed by atoms with Crippen LogP contribution in [-0.4, -0.2) is 67.9 Å². The van der Waals surface area contributed by atoms with E-state index in [1.54, 1.807) is 25.3 Å². The number of nitrogens with zero attached hydrogens (tertiary/aromatic N) is 3. The number of carboxylic acid groups (broad SMARTS) is 1. The number of aromatic nitrogens is 1. The number of anilines is 1. The molecule has 21 heavy (non-hydrogen) atoms. The van der Waals surface area contributed by atoms with Gasteiger partial charge in [-0.3, -0.25) is 9.69 Å². The Morgan fingerprint density at radius 1 is 1.33 bits per heavy atom. The van der Waals surface area contributed by atoms with Crippen LogP contribution >= 0.6 is 0 Å². The van der Waals surface area contributed by atoms with E-state index < -0.39 is 21.8 Å². The Morgan fingerprint density at radius 3 is 2.48 bits per heavy atom. The zero-order valence-corrected chi connectivity index (χ0v) is 12.9. The summed E-state index contributed by atoms with van der Waals surface area (Å²) in [6.45, 7) is 3.88. The second-order valence-corrected chi connectivity index (χ2v) is 7.12. The molecule has 116 valence electrons. The molecule has 0 aromatic carbocycles. The van der Waals surface area contributed by atoms with Gasteiger partial charge >= 0.3 is 5.97 Å². The minimum atomic E-state index is -3.34. The second kappa shape index (κ2) is 5.98. The SMILES string of the molecule is CC(C(=O)O)N1CCN(c2ncccc2S(C)(=O)=O)CC1. The number of piperazine rings is 1. The van der Waals surface area contributed by atoms with Crippen molar-refractivity contribution in [1.29, 1.82) is 0 Å². The molecule has 2 heterocycles. The third-order valence-corrected chi connectivity index (χ3v) is 4.79. The number of carboxylic acids is 1. The maximum atomic E-state index is 11.8. The zero-order valence-electron chi connectivity index (χ0n) is 12.1. The maximum Gasteiger partial charge on any atom is 0.320 e. The lowest BCUT2D eigenvalue weighted by Gasteiger charge is -2.37. The van der Waals surface area contributed by atoms with E-state index in [9.17, 15) is 13.2 Å². The van der Waals surface area contributed by atoms with Crippen molar-refractivity contribution in [3.8, 4) is 0 Å². The Kier molecular flexibility index (Phi) is 4.48. The summed E-state index contributed by atoms with van der Waals surface area (Å²) in [7, 11) is -3.34. The molecule has 0 bridgehead atoms. The Labute approximate surface area is 124 Å². The molecule has 0 radical (unpaired) electrons. The van der Waals surface area contributed by atoms with Gasteiger partial charge in [0.2, 0.25) is 0 Å². The molecule has 7 nitrogen and oxygen atoms in total. The molecule has 1 N–H and O–H groups in total. The maximum absolute atomic E-state index is 11.8. The quantitative estimate of drug-likeness (QED) is 0.841. The van der Waals surface area contributed by atoms with Crippen LogP contribution < -0.4 is 4.90 Å². The molecule has 0 amide bonds. The number of sulfone groups is 1. The van der Waals surface area contributed by atoms with Crippen molar-refractivity contribution in [1.82, 2.24) is 9.88 Å². The molecule has 0 saturated carbocycles. The van der Waals surface area contributed by atoms with Crippen LogP contribution in [0.5, 0.6) is 0 Å². The van der Waals surface area contributed by atoms with E-state index in [2.05, 4.69) is 4.98 Å². The van der Waals surface area contributed by atoms with Crippen LogP contribution in [0.25, 0.3) is 0 Å². The van der Waals surface area contributed by atoms with Crippen molar-refractivity contribution >= 4 is 21.6 Å². The summed E-state index contributed by atoms with van der Waals surface area (Å²) < 4.78 is 23.6. The number of carbonyl (C=O) groups is 1. The van der Waals surface area contributed by atoms with Crippen LogP contribution in [-0.2, 0) is 14.6 Å². The van der Waals surface area contributed by atoms with E-state index in [0.29, 0.717) is 32.0 Å². The Morgan fingerprint density at radius 2 is 1.95 bits per heavy atom. The predicted octanol–water partition coefficient (Wildman–Crippen LogP) is 0.0802. The van der Waals surface area contributed by atoms with Crippen LogP contribution in [0, 0.1) is 0 Å². The average molecular weight is 313 g/mol.